The summed E-state index contributed by atoms with van der Waals surface area (Å²) in [6, 6.07) is 13.2. The van der Waals surface area contributed by atoms with Crippen molar-refractivity contribution < 1.29 is 13.2 Å². The Morgan fingerprint density at radius 2 is 1.74 bits per heavy atom. The van der Waals surface area contributed by atoms with Crippen LogP contribution in [0.1, 0.15) is 25.8 Å². The first kappa shape index (κ1) is 28.6. The fourth-order valence-corrected chi connectivity index (χ4v) is 5.98. The van der Waals surface area contributed by atoms with E-state index in [0.717, 1.165) is 29.2 Å². The molecule has 0 radical (unpaired) electrons. The predicted molar refractivity (Wildman–Crippen MR) is 147 cm³/mol. The molecule has 3 aromatic rings. The van der Waals surface area contributed by atoms with Gasteiger partial charge < -0.3 is 4.90 Å². The molecular weight excluding hydrogens is 510 g/mol. The fourth-order valence-electron chi connectivity index (χ4n) is 3.37. The molecule has 0 unspecified atom stereocenters. The third kappa shape index (κ3) is 7.68. The number of anilines is 1. The van der Waals surface area contributed by atoms with Gasteiger partial charge in [0.05, 0.1) is 15.1 Å². The molecule has 3 rings (SSSR count). The van der Waals surface area contributed by atoms with E-state index in [1.165, 1.54) is 23.2 Å². The van der Waals surface area contributed by atoms with Gasteiger partial charge in [-0.25, -0.2) is 13.4 Å². The summed E-state index contributed by atoms with van der Waals surface area (Å²) in [4.78, 5) is 23.4. The van der Waals surface area contributed by atoms with Gasteiger partial charge in [-0.2, -0.15) is 0 Å². The van der Waals surface area contributed by atoms with E-state index < -0.39 is 9.84 Å². The summed E-state index contributed by atoms with van der Waals surface area (Å²) in [5.41, 5.74) is 1.92. The summed E-state index contributed by atoms with van der Waals surface area (Å²) in [6.07, 6.45) is 1.60. The number of amides is 1. The van der Waals surface area contributed by atoms with Gasteiger partial charge >= 0.3 is 0 Å². The second kappa shape index (κ2) is 12.9. The molecule has 186 valence electrons. The maximum absolute atomic E-state index is 13.2. The van der Waals surface area contributed by atoms with Crippen LogP contribution in [-0.4, -0.2) is 62.4 Å². The van der Waals surface area contributed by atoms with Crippen LogP contribution in [0.3, 0.4) is 0 Å². The Balaban J connectivity index is 0.00000408. The van der Waals surface area contributed by atoms with E-state index >= 15 is 0 Å². The maximum Gasteiger partial charge on any atom is 0.229 e. The highest BCUT2D eigenvalue weighted by Gasteiger charge is 2.21. The van der Waals surface area contributed by atoms with Crippen molar-refractivity contribution in [2.45, 2.75) is 37.0 Å². The standard InChI is InChI=1S/C24H31N3O3S3.ClH/c1-5-26(6-2)14-15-27(23(28)13-16-31-19-9-7-18(3)8-10-19)24-25-21-12-11-20(33(4,29)30)17-22(21)32-24;/h7-12,17H,5-6,13-16H2,1-4H3;1H. The smallest absolute Gasteiger partial charge is 0.229 e. The highest BCUT2D eigenvalue weighted by atomic mass is 35.5. The van der Waals surface area contributed by atoms with Gasteiger partial charge in [0, 0.05) is 36.4 Å². The number of hydrogen-bond acceptors (Lipinski definition) is 7. The van der Waals surface area contributed by atoms with Crippen LogP contribution in [0.25, 0.3) is 10.2 Å². The largest absolute Gasteiger partial charge is 0.302 e. The first-order valence-electron chi connectivity index (χ1n) is 11.0. The van der Waals surface area contributed by atoms with E-state index in [0.29, 0.717) is 29.4 Å². The molecule has 0 aliphatic carbocycles. The predicted octanol–water partition coefficient (Wildman–Crippen LogP) is 5.29. The van der Waals surface area contributed by atoms with Crippen LogP contribution < -0.4 is 4.90 Å². The molecule has 6 nitrogen and oxygen atoms in total. The third-order valence-corrected chi connectivity index (χ3v) is 8.61. The van der Waals surface area contributed by atoms with E-state index in [-0.39, 0.29) is 23.2 Å². The van der Waals surface area contributed by atoms with Crippen LogP contribution in [0.4, 0.5) is 5.13 Å². The molecule has 10 heteroatoms. The fraction of sp³-hybridized carbons (Fsp3) is 0.417. The summed E-state index contributed by atoms with van der Waals surface area (Å²) < 4.78 is 24.6. The number of aryl methyl sites for hydroxylation is 1. The van der Waals surface area contributed by atoms with Crippen molar-refractivity contribution in [1.29, 1.82) is 0 Å². The van der Waals surface area contributed by atoms with Gasteiger partial charge in [0.1, 0.15) is 0 Å². The van der Waals surface area contributed by atoms with E-state index in [2.05, 4.69) is 54.9 Å². The molecule has 1 amide bonds. The molecule has 2 aromatic carbocycles. The van der Waals surface area contributed by atoms with Crippen LogP contribution >= 0.6 is 35.5 Å². The van der Waals surface area contributed by atoms with Crippen LogP contribution in [-0.2, 0) is 14.6 Å². The lowest BCUT2D eigenvalue weighted by Crippen LogP contribution is -2.39. The number of fused-ring (bicyclic) bond motifs is 1. The molecule has 1 aromatic heterocycles. The molecule has 0 bridgehead atoms. The summed E-state index contributed by atoms with van der Waals surface area (Å²) in [5, 5.41) is 0.619. The molecule has 0 atom stereocenters. The van der Waals surface area contributed by atoms with Crippen molar-refractivity contribution in [3.63, 3.8) is 0 Å². The van der Waals surface area contributed by atoms with Crippen molar-refractivity contribution in [2.75, 3.05) is 43.1 Å². The molecule has 0 aliphatic rings. The first-order valence-corrected chi connectivity index (χ1v) is 14.7. The molecule has 0 saturated heterocycles. The number of carbonyl (C=O) groups excluding carboxylic acids is 1. The molecule has 34 heavy (non-hydrogen) atoms. The van der Waals surface area contributed by atoms with Gasteiger partial charge in [0.2, 0.25) is 5.91 Å². The van der Waals surface area contributed by atoms with E-state index in [4.69, 9.17) is 0 Å². The van der Waals surface area contributed by atoms with Crippen LogP contribution in [0, 0.1) is 6.92 Å². The third-order valence-electron chi connectivity index (χ3n) is 5.45. The molecule has 0 fully saturated rings. The summed E-state index contributed by atoms with van der Waals surface area (Å²) >= 11 is 3.04. The van der Waals surface area contributed by atoms with Crippen molar-refractivity contribution in [1.82, 2.24) is 9.88 Å². The van der Waals surface area contributed by atoms with Crippen LogP contribution in [0.15, 0.2) is 52.3 Å². The zero-order valence-electron chi connectivity index (χ0n) is 20.0. The lowest BCUT2D eigenvalue weighted by atomic mass is 10.2. The second-order valence-corrected chi connectivity index (χ2v) is 12.1. The Labute approximate surface area is 217 Å². The monoisotopic (exact) mass is 541 g/mol. The Hall–Kier alpha value is -1.65. The molecule has 0 spiro atoms. The highest BCUT2D eigenvalue weighted by Crippen LogP contribution is 2.31. The van der Waals surface area contributed by atoms with Crippen LogP contribution in [0.2, 0.25) is 0 Å². The number of thioether (sulfide) groups is 1. The normalized spacial score (nSPS) is 11.6. The molecule has 0 saturated carbocycles. The average molecular weight is 542 g/mol. The Morgan fingerprint density at radius 1 is 1.06 bits per heavy atom. The zero-order valence-corrected chi connectivity index (χ0v) is 23.2. The lowest BCUT2D eigenvalue weighted by Gasteiger charge is -2.24. The SMILES string of the molecule is CCN(CC)CCN(C(=O)CCSc1ccc(C)cc1)c1nc2ccc(S(C)(=O)=O)cc2s1.Cl. The number of carbonyl (C=O) groups is 1. The van der Waals surface area contributed by atoms with Gasteiger partial charge in [-0.15, -0.1) is 24.2 Å². The Morgan fingerprint density at radius 3 is 2.35 bits per heavy atom. The first-order chi connectivity index (χ1) is 15.7. The second-order valence-electron chi connectivity index (χ2n) is 7.88. The Kier molecular flexibility index (Phi) is 10.8. The number of halogens is 1. The van der Waals surface area contributed by atoms with Gasteiger partial charge in [0.25, 0.3) is 0 Å². The van der Waals surface area contributed by atoms with Gasteiger partial charge in [0.15, 0.2) is 15.0 Å². The summed E-state index contributed by atoms with van der Waals surface area (Å²) in [5.74, 6) is 0.719. The van der Waals surface area contributed by atoms with E-state index in [9.17, 15) is 13.2 Å². The van der Waals surface area contributed by atoms with Crippen molar-refractivity contribution in [3.05, 3.63) is 48.0 Å². The number of aromatic nitrogens is 1. The number of hydrogen-bond donors (Lipinski definition) is 0. The summed E-state index contributed by atoms with van der Waals surface area (Å²) in [6.45, 7) is 9.42. The minimum atomic E-state index is -3.30. The molecular formula is C24H32ClN3O3S3. The molecule has 0 N–H and O–H groups in total. The highest BCUT2D eigenvalue weighted by molar-refractivity contribution is 7.99. The number of likely N-dealkylation sites (N-methyl/N-ethyl adjacent to an activating group) is 1. The minimum absolute atomic E-state index is 0. The van der Waals surface area contributed by atoms with Gasteiger partial charge in [-0.05, 0) is 50.3 Å². The Bertz CT molecular complexity index is 1190. The zero-order chi connectivity index (χ0) is 24.0. The topological polar surface area (TPSA) is 70.6 Å². The molecule has 1 heterocycles. The summed E-state index contributed by atoms with van der Waals surface area (Å²) in [7, 11) is -3.30. The minimum Gasteiger partial charge on any atom is -0.302 e. The number of thiazole rings is 1. The number of nitrogens with zero attached hydrogens (tertiary/aromatic N) is 3. The number of rotatable bonds is 11. The van der Waals surface area contributed by atoms with Gasteiger partial charge in [-0.3, -0.25) is 9.69 Å². The number of benzene rings is 2. The maximum atomic E-state index is 13.2. The molecule has 0 aliphatic heterocycles. The van der Waals surface area contributed by atoms with Gasteiger partial charge in [-0.1, -0.05) is 42.9 Å². The van der Waals surface area contributed by atoms with Crippen molar-refractivity contribution in [2.24, 2.45) is 0 Å². The quantitative estimate of drug-likeness (QED) is 0.307. The van der Waals surface area contributed by atoms with E-state index in [1.54, 1.807) is 34.9 Å². The average Bonchev–Trinajstić information content (AvgIpc) is 3.20. The van der Waals surface area contributed by atoms with Crippen molar-refractivity contribution >= 4 is 66.6 Å². The van der Waals surface area contributed by atoms with Crippen LogP contribution in [0.5, 0.6) is 0 Å². The lowest BCUT2D eigenvalue weighted by molar-refractivity contribution is -0.118. The van der Waals surface area contributed by atoms with Crippen molar-refractivity contribution in [3.8, 4) is 0 Å². The number of sulfone groups is 1. The van der Waals surface area contributed by atoms with E-state index in [1.807, 2.05) is 0 Å².